The highest BCUT2D eigenvalue weighted by molar-refractivity contribution is 6.09. The summed E-state index contributed by atoms with van der Waals surface area (Å²) in [5.41, 5.74) is 6.22. The number of aryl methyl sites for hydroxylation is 3. The Bertz CT molecular complexity index is 1460. The first-order valence-corrected chi connectivity index (χ1v) is 10.6. The number of imidazole rings is 1. The second-order valence-corrected chi connectivity index (χ2v) is 7.92. The predicted molar refractivity (Wildman–Crippen MR) is 127 cm³/mol. The van der Waals surface area contributed by atoms with E-state index in [1.807, 2.05) is 42.7 Å². The predicted octanol–water partition coefficient (Wildman–Crippen LogP) is 4.84. The van der Waals surface area contributed by atoms with E-state index in [2.05, 4.69) is 27.5 Å². The number of H-pyrrole nitrogens is 1. The molecule has 32 heavy (non-hydrogen) atoms. The quantitative estimate of drug-likeness (QED) is 0.317. The summed E-state index contributed by atoms with van der Waals surface area (Å²) < 4.78 is 2.17. The van der Waals surface area contributed by atoms with Gasteiger partial charge in [0.05, 0.1) is 11.7 Å². The van der Waals surface area contributed by atoms with Gasteiger partial charge in [0.15, 0.2) is 5.78 Å². The van der Waals surface area contributed by atoms with Crippen LogP contribution in [0.5, 0.6) is 0 Å². The van der Waals surface area contributed by atoms with E-state index in [1.54, 1.807) is 24.3 Å². The number of hydrogen-bond acceptors (Lipinski definition) is 3. The number of carbonyl (C=O) groups excluding carboxylic acids is 1. The molecule has 3 heterocycles. The zero-order valence-corrected chi connectivity index (χ0v) is 17.8. The van der Waals surface area contributed by atoms with Crippen LogP contribution in [0.25, 0.3) is 22.1 Å². The maximum absolute atomic E-state index is 12.7. The van der Waals surface area contributed by atoms with Crippen molar-refractivity contribution in [1.82, 2.24) is 19.5 Å². The van der Waals surface area contributed by atoms with E-state index < -0.39 is 0 Å². The third-order valence-electron chi connectivity index (χ3n) is 5.91. The van der Waals surface area contributed by atoms with E-state index in [4.69, 9.17) is 11.4 Å². The number of rotatable bonds is 6. The SMILES string of the molecule is C#Cc1ccc(C(=O)c2ccc(CCCc3nc4cnc5[nH]ccc5c4n3C)cc2)cc1. The summed E-state index contributed by atoms with van der Waals surface area (Å²) in [6.45, 7) is 0. The summed E-state index contributed by atoms with van der Waals surface area (Å²) in [5, 5.41) is 1.10. The number of terminal acetylenes is 1. The number of fused-ring (bicyclic) bond motifs is 3. The van der Waals surface area contributed by atoms with Gasteiger partial charge in [0.1, 0.15) is 17.0 Å². The molecule has 0 spiro atoms. The Labute approximate surface area is 186 Å². The van der Waals surface area contributed by atoms with Crippen LogP contribution in [-0.4, -0.2) is 25.3 Å². The summed E-state index contributed by atoms with van der Waals surface area (Å²) in [6, 6.07) is 17.0. The van der Waals surface area contributed by atoms with Gasteiger partial charge in [-0.15, -0.1) is 6.42 Å². The molecule has 0 unspecified atom stereocenters. The van der Waals surface area contributed by atoms with E-state index in [0.717, 1.165) is 52.7 Å². The van der Waals surface area contributed by atoms with E-state index in [1.165, 1.54) is 5.56 Å². The highest BCUT2D eigenvalue weighted by atomic mass is 16.1. The molecule has 0 bridgehead atoms. The largest absolute Gasteiger partial charge is 0.346 e. The number of pyridine rings is 1. The maximum Gasteiger partial charge on any atom is 0.193 e. The van der Waals surface area contributed by atoms with Gasteiger partial charge in [-0.1, -0.05) is 30.2 Å². The highest BCUT2D eigenvalue weighted by Crippen LogP contribution is 2.24. The number of aromatic nitrogens is 4. The van der Waals surface area contributed by atoms with Crippen molar-refractivity contribution < 1.29 is 4.79 Å². The van der Waals surface area contributed by atoms with Gasteiger partial charge in [-0.25, -0.2) is 9.97 Å². The van der Waals surface area contributed by atoms with Crippen molar-refractivity contribution in [2.24, 2.45) is 7.05 Å². The lowest BCUT2D eigenvalue weighted by atomic mass is 9.99. The first-order chi connectivity index (χ1) is 15.6. The Morgan fingerprint density at radius 1 is 1.03 bits per heavy atom. The van der Waals surface area contributed by atoms with Crippen LogP contribution in [0, 0.1) is 12.3 Å². The number of carbonyl (C=O) groups is 1. The molecule has 5 aromatic rings. The van der Waals surface area contributed by atoms with E-state index >= 15 is 0 Å². The summed E-state index contributed by atoms with van der Waals surface area (Å²) in [5.74, 6) is 3.62. The van der Waals surface area contributed by atoms with Crippen LogP contribution >= 0.6 is 0 Å². The fraction of sp³-hybridized carbons (Fsp3) is 0.148. The number of aromatic amines is 1. The van der Waals surface area contributed by atoms with Crippen molar-refractivity contribution >= 4 is 27.9 Å². The summed E-state index contributed by atoms with van der Waals surface area (Å²) in [6.07, 6.45) is 11.9. The minimum Gasteiger partial charge on any atom is -0.346 e. The zero-order chi connectivity index (χ0) is 22.1. The van der Waals surface area contributed by atoms with Gasteiger partial charge in [0, 0.05) is 41.7 Å². The van der Waals surface area contributed by atoms with Gasteiger partial charge in [-0.05, 0) is 48.7 Å². The molecule has 0 atom stereocenters. The molecule has 0 saturated heterocycles. The van der Waals surface area contributed by atoms with Gasteiger partial charge in [-0.2, -0.15) is 0 Å². The molecular weight excluding hydrogens is 396 g/mol. The van der Waals surface area contributed by atoms with Crippen LogP contribution in [0.15, 0.2) is 67.0 Å². The minimum absolute atomic E-state index is 0.00417. The van der Waals surface area contributed by atoms with Crippen molar-refractivity contribution in [3.63, 3.8) is 0 Å². The van der Waals surface area contributed by atoms with Crippen LogP contribution in [0.4, 0.5) is 0 Å². The molecule has 5 heteroatoms. The highest BCUT2D eigenvalue weighted by Gasteiger charge is 2.13. The van der Waals surface area contributed by atoms with Gasteiger partial charge < -0.3 is 9.55 Å². The smallest absolute Gasteiger partial charge is 0.193 e. The summed E-state index contributed by atoms with van der Waals surface area (Å²) in [7, 11) is 2.06. The molecule has 5 rings (SSSR count). The number of nitrogens with zero attached hydrogens (tertiary/aromatic N) is 3. The Hall–Kier alpha value is -4.17. The first kappa shape index (κ1) is 19.8. The van der Waals surface area contributed by atoms with Crippen LogP contribution in [-0.2, 0) is 19.9 Å². The van der Waals surface area contributed by atoms with Crippen molar-refractivity contribution in [1.29, 1.82) is 0 Å². The fourth-order valence-electron chi connectivity index (χ4n) is 4.14. The molecule has 156 valence electrons. The van der Waals surface area contributed by atoms with Crippen molar-refractivity contribution in [2.45, 2.75) is 19.3 Å². The van der Waals surface area contributed by atoms with Gasteiger partial charge in [0.25, 0.3) is 0 Å². The van der Waals surface area contributed by atoms with Gasteiger partial charge >= 0.3 is 0 Å². The molecule has 5 nitrogen and oxygen atoms in total. The molecule has 0 amide bonds. The number of hydrogen-bond donors (Lipinski definition) is 1. The van der Waals surface area contributed by atoms with Crippen molar-refractivity contribution in [2.75, 3.05) is 0 Å². The van der Waals surface area contributed by atoms with Crippen LogP contribution in [0.1, 0.15) is 39.3 Å². The summed E-state index contributed by atoms with van der Waals surface area (Å²) in [4.78, 5) is 25.1. The Balaban J connectivity index is 1.25. The van der Waals surface area contributed by atoms with Crippen LogP contribution < -0.4 is 0 Å². The Morgan fingerprint density at radius 3 is 2.47 bits per heavy atom. The monoisotopic (exact) mass is 418 g/mol. The van der Waals surface area contributed by atoms with Crippen LogP contribution in [0.3, 0.4) is 0 Å². The number of benzene rings is 2. The zero-order valence-electron chi connectivity index (χ0n) is 17.8. The molecule has 0 aliphatic heterocycles. The molecule has 0 fully saturated rings. The normalized spacial score (nSPS) is 11.1. The molecule has 1 N–H and O–H groups in total. The molecule has 3 aromatic heterocycles. The van der Waals surface area contributed by atoms with E-state index in [-0.39, 0.29) is 5.78 Å². The topological polar surface area (TPSA) is 63.6 Å². The van der Waals surface area contributed by atoms with Crippen molar-refractivity contribution in [3.8, 4) is 12.3 Å². The lowest BCUT2D eigenvalue weighted by molar-refractivity contribution is 0.103. The van der Waals surface area contributed by atoms with Gasteiger partial charge in [0.2, 0.25) is 0 Å². The molecule has 0 saturated carbocycles. The van der Waals surface area contributed by atoms with E-state index in [0.29, 0.717) is 11.1 Å². The molecule has 0 aliphatic rings. The third-order valence-corrected chi connectivity index (χ3v) is 5.91. The minimum atomic E-state index is 0.00417. The van der Waals surface area contributed by atoms with Crippen molar-refractivity contribution in [3.05, 3.63) is 95.1 Å². The molecule has 0 aliphatic carbocycles. The first-order valence-electron chi connectivity index (χ1n) is 10.6. The third kappa shape index (κ3) is 3.57. The second kappa shape index (κ2) is 8.16. The maximum atomic E-state index is 12.7. The van der Waals surface area contributed by atoms with E-state index in [9.17, 15) is 4.79 Å². The average molecular weight is 419 g/mol. The molecular formula is C27H22N4O. The summed E-state index contributed by atoms with van der Waals surface area (Å²) >= 11 is 0. The number of ketones is 1. The van der Waals surface area contributed by atoms with Gasteiger partial charge in [-0.3, -0.25) is 4.79 Å². The standard InChI is InChI=1S/C27H22N4O/c1-3-18-7-11-20(12-8-18)26(32)21-13-9-19(10-14-21)5-4-6-24-30-23-17-29-27-22(15-16-28-27)25(23)31(24)2/h1,7-17H,4-6H2,2H3,(H,28,29). The second-order valence-electron chi connectivity index (χ2n) is 7.92. The molecule has 2 aromatic carbocycles. The van der Waals surface area contributed by atoms with Crippen LogP contribution in [0.2, 0.25) is 0 Å². The Morgan fingerprint density at radius 2 is 1.75 bits per heavy atom. The molecule has 0 radical (unpaired) electrons. The lowest BCUT2D eigenvalue weighted by Crippen LogP contribution is -2.02. The Kier molecular flexibility index (Phi) is 5.04. The number of nitrogens with one attached hydrogen (secondary N) is 1. The lowest BCUT2D eigenvalue weighted by Gasteiger charge is -2.06. The average Bonchev–Trinajstić information content (AvgIpc) is 3.43. The fourth-order valence-corrected chi connectivity index (χ4v) is 4.14.